The van der Waals surface area contributed by atoms with Crippen LogP contribution in [0.25, 0.3) is 0 Å². The Balaban J connectivity index is 1.21. The topological polar surface area (TPSA) is 97.3 Å². The number of urea groups is 1. The largest absolute Gasteiger partial charge is 0.478 e. The van der Waals surface area contributed by atoms with Gasteiger partial charge in [-0.1, -0.05) is 24.3 Å². The van der Waals surface area contributed by atoms with Gasteiger partial charge in [0.05, 0.1) is 22.6 Å². The molecule has 8 heteroatoms. The Morgan fingerprint density at radius 3 is 2.77 bits per heavy atom. The number of nitrogens with zero attached hydrogens (tertiary/aromatic N) is 3. The molecule has 4 atom stereocenters. The lowest BCUT2D eigenvalue weighted by molar-refractivity contribution is -0.0819. The highest BCUT2D eigenvalue weighted by Crippen LogP contribution is 2.49. The zero-order chi connectivity index (χ0) is 21.2. The smallest absolute Gasteiger partial charge is 0.337 e. The molecule has 3 saturated heterocycles. The molecule has 2 aromatic carbocycles. The van der Waals surface area contributed by atoms with E-state index in [0.29, 0.717) is 5.69 Å². The maximum Gasteiger partial charge on any atom is 0.337 e. The minimum atomic E-state index is -1.05. The number of rotatable bonds is 2. The molecular weight excluding hydrogens is 394 g/mol. The zero-order valence-electron chi connectivity index (χ0n) is 16.9. The fraction of sp³-hybridized carbons (Fsp3) is 0.348. The van der Waals surface area contributed by atoms with Crippen molar-refractivity contribution in [2.45, 2.75) is 43.1 Å². The van der Waals surface area contributed by atoms with Gasteiger partial charge in [-0.3, -0.25) is 9.89 Å². The molecule has 31 heavy (non-hydrogen) atoms. The van der Waals surface area contributed by atoms with Crippen LogP contribution in [-0.4, -0.2) is 63.5 Å². The van der Waals surface area contributed by atoms with E-state index in [-0.39, 0.29) is 35.4 Å². The normalized spacial score (nSPS) is 30.2. The Morgan fingerprint density at radius 1 is 1.10 bits per heavy atom. The van der Waals surface area contributed by atoms with Gasteiger partial charge >= 0.3 is 12.0 Å². The number of carbonyl (C=O) groups is 2. The van der Waals surface area contributed by atoms with E-state index in [9.17, 15) is 14.7 Å². The molecule has 2 amide bonds. The summed E-state index contributed by atoms with van der Waals surface area (Å²) >= 11 is 0. The Bertz CT molecular complexity index is 1120. The highest BCUT2D eigenvalue weighted by molar-refractivity contribution is 6.00. The fourth-order valence-electron chi connectivity index (χ4n) is 5.73. The van der Waals surface area contributed by atoms with Gasteiger partial charge in [0, 0.05) is 37.3 Å². The number of nitrogens with one attached hydrogen (secondary N) is 2. The van der Waals surface area contributed by atoms with Crippen LogP contribution in [0.1, 0.15) is 29.6 Å². The van der Waals surface area contributed by atoms with E-state index in [1.165, 1.54) is 6.07 Å². The summed E-state index contributed by atoms with van der Waals surface area (Å²) in [6, 6.07) is 14.9. The van der Waals surface area contributed by atoms with Crippen LogP contribution in [-0.2, 0) is 0 Å². The van der Waals surface area contributed by atoms with Crippen molar-refractivity contribution in [2.24, 2.45) is 4.99 Å². The van der Waals surface area contributed by atoms with E-state index < -0.39 is 5.97 Å². The van der Waals surface area contributed by atoms with Gasteiger partial charge in [0.1, 0.15) is 5.66 Å². The number of aromatic carboxylic acids is 1. The number of anilines is 2. The predicted molar refractivity (Wildman–Crippen MR) is 117 cm³/mol. The minimum Gasteiger partial charge on any atom is -0.478 e. The Kier molecular flexibility index (Phi) is 3.89. The molecule has 8 nitrogen and oxygen atoms in total. The molecule has 3 N–H and O–H groups in total. The summed E-state index contributed by atoms with van der Waals surface area (Å²) < 4.78 is 0. The monoisotopic (exact) mass is 417 g/mol. The third-order valence-electron chi connectivity index (χ3n) is 7.14. The van der Waals surface area contributed by atoms with Crippen molar-refractivity contribution in [3.05, 3.63) is 54.1 Å². The zero-order valence-corrected chi connectivity index (χ0v) is 16.9. The fourth-order valence-corrected chi connectivity index (χ4v) is 5.73. The van der Waals surface area contributed by atoms with Crippen molar-refractivity contribution in [1.82, 2.24) is 9.80 Å². The van der Waals surface area contributed by atoms with Gasteiger partial charge in [0.25, 0.3) is 0 Å². The van der Waals surface area contributed by atoms with Crippen LogP contribution in [0.15, 0.2) is 53.5 Å². The molecule has 3 fully saturated rings. The average Bonchev–Trinajstić information content (AvgIpc) is 3.12. The lowest BCUT2D eigenvalue weighted by atomic mass is 9.79. The van der Waals surface area contributed by atoms with Crippen LogP contribution in [0.2, 0.25) is 0 Å². The highest BCUT2D eigenvalue weighted by atomic mass is 16.4. The highest BCUT2D eigenvalue weighted by Gasteiger charge is 2.62. The number of benzene rings is 2. The summed E-state index contributed by atoms with van der Waals surface area (Å²) in [7, 11) is 0. The van der Waals surface area contributed by atoms with E-state index in [1.807, 2.05) is 29.3 Å². The van der Waals surface area contributed by atoms with Crippen molar-refractivity contribution < 1.29 is 14.7 Å². The first-order valence-electron chi connectivity index (χ1n) is 10.7. The molecular formula is C23H23N5O3. The lowest BCUT2D eigenvalue weighted by Crippen LogP contribution is -2.79. The van der Waals surface area contributed by atoms with Gasteiger partial charge in [0.15, 0.2) is 0 Å². The van der Waals surface area contributed by atoms with Gasteiger partial charge in [0.2, 0.25) is 0 Å². The molecule has 2 aromatic rings. The first kappa shape index (κ1) is 18.4. The molecule has 2 bridgehead atoms. The van der Waals surface area contributed by atoms with Gasteiger partial charge in [-0.25, -0.2) is 9.59 Å². The van der Waals surface area contributed by atoms with E-state index in [2.05, 4.69) is 26.6 Å². The standard InChI is InChI=1S/C23H23N5O3/c29-21(30)15-5-1-2-6-16(15)25-22(31)28-14-9-10-19(28)20-11-23(27(20)12-14)13-24-17-7-3-4-8-18(17)26-23/h1-8,13-14,19-20,26H,9-12H2,(H,25,31)(H,29,30)/t14-,19+,20+,23-/m1/s1. The summed E-state index contributed by atoms with van der Waals surface area (Å²) in [5.41, 5.74) is 2.16. The summed E-state index contributed by atoms with van der Waals surface area (Å²) in [5.74, 6) is -1.05. The Labute approximate surface area is 179 Å². The second kappa shape index (κ2) is 6.55. The van der Waals surface area contributed by atoms with Gasteiger partial charge in [-0.15, -0.1) is 0 Å². The number of carboxylic acids is 1. The first-order chi connectivity index (χ1) is 15.1. The molecule has 6 rings (SSSR count). The number of aliphatic imine (C=N–C) groups is 1. The quantitative estimate of drug-likeness (QED) is 0.696. The number of hydrogen-bond acceptors (Lipinski definition) is 5. The van der Waals surface area contributed by atoms with Crippen molar-refractivity contribution in [2.75, 3.05) is 17.2 Å². The van der Waals surface area contributed by atoms with Crippen LogP contribution in [0.3, 0.4) is 0 Å². The van der Waals surface area contributed by atoms with Crippen LogP contribution in [0, 0.1) is 0 Å². The maximum absolute atomic E-state index is 13.2. The molecule has 4 heterocycles. The summed E-state index contributed by atoms with van der Waals surface area (Å²) in [6.07, 6.45) is 4.82. The summed E-state index contributed by atoms with van der Waals surface area (Å²) in [4.78, 5) is 33.7. The van der Waals surface area contributed by atoms with Crippen LogP contribution in [0.4, 0.5) is 21.9 Å². The van der Waals surface area contributed by atoms with E-state index in [0.717, 1.165) is 37.2 Å². The Hall–Kier alpha value is -3.39. The van der Waals surface area contributed by atoms with Crippen LogP contribution < -0.4 is 10.6 Å². The summed E-state index contributed by atoms with van der Waals surface area (Å²) in [5, 5.41) is 15.9. The van der Waals surface area contributed by atoms with Crippen molar-refractivity contribution in [3.63, 3.8) is 0 Å². The Morgan fingerprint density at radius 2 is 1.90 bits per heavy atom. The first-order valence-corrected chi connectivity index (χ1v) is 10.7. The SMILES string of the molecule is O=C(O)c1ccccc1NC(=O)N1[C@@H]2CC[C@H]1[C@@H]1C[C@]3(C=Nc4ccccc4N3)N1C2. The number of carboxylic acid groups (broad SMARTS) is 1. The molecule has 158 valence electrons. The van der Waals surface area contributed by atoms with E-state index >= 15 is 0 Å². The minimum absolute atomic E-state index is 0.0998. The number of para-hydroxylation sites is 3. The predicted octanol–water partition coefficient (Wildman–Crippen LogP) is 3.36. The molecule has 4 aliphatic rings. The number of fused-ring (bicyclic) bond motifs is 6. The molecule has 1 spiro atoms. The van der Waals surface area contributed by atoms with Crippen molar-refractivity contribution in [1.29, 1.82) is 0 Å². The number of carbonyl (C=O) groups excluding carboxylic acids is 1. The second-order valence-electron chi connectivity index (χ2n) is 8.74. The van der Waals surface area contributed by atoms with E-state index in [4.69, 9.17) is 0 Å². The molecule has 0 aliphatic carbocycles. The van der Waals surface area contributed by atoms with Gasteiger partial charge < -0.3 is 20.6 Å². The number of hydrogen-bond donors (Lipinski definition) is 3. The third-order valence-corrected chi connectivity index (χ3v) is 7.14. The van der Waals surface area contributed by atoms with Crippen molar-refractivity contribution >= 4 is 35.3 Å². The molecule has 0 aromatic heterocycles. The van der Waals surface area contributed by atoms with Crippen LogP contribution in [0.5, 0.6) is 0 Å². The molecule has 0 saturated carbocycles. The summed E-state index contributed by atoms with van der Waals surface area (Å²) in [6.45, 7) is 0.774. The molecule has 4 aliphatic heterocycles. The third kappa shape index (κ3) is 2.68. The average molecular weight is 417 g/mol. The van der Waals surface area contributed by atoms with Gasteiger partial charge in [-0.05, 0) is 37.1 Å². The van der Waals surface area contributed by atoms with Crippen LogP contribution >= 0.6 is 0 Å². The lowest BCUT2D eigenvalue weighted by Gasteiger charge is -2.63. The van der Waals surface area contributed by atoms with Crippen molar-refractivity contribution in [3.8, 4) is 0 Å². The van der Waals surface area contributed by atoms with E-state index in [1.54, 1.807) is 18.2 Å². The number of amides is 2. The molecule has 0 unspecified atom stereocenters. The molecule has 0 radical (unpaired) electrons. The number of piperazine rings is 1. The van der Waals surface area contributed by atoms with Gasteiger partial charge in [-0.2, -0.15) is 0 Å². The second-order valence-corrected chi connectivity index (χ2v) is 8.74. The maximum atomic E-state index is 13.2.